The zero-order valence-electron chi connectivity index (χ0n) is 15.6. The molecule has 0 radical (unpaired) electrons. The first kappa shape index (κ1) is 19.5. The van der Waals surface area contributed by atoms with Crippen molar-refractivity contribution in [3.8, 4) is 11.1 Å². The summed E-state index contributed by atoms with van der Waals surface area (Å²) in [5.74, 6) is -1.38. The first-order chi connectivity index (χ1) is 14.0. The molecule has 2 bridgehead atoms. The first-order valence-corrected chi connectivity index (χ1v) is 9.12. The number of hydrogen-bond donors (Lipinski definition) is 2. The number of carbonyl (C=O) groups is 2. The van der Waals surface area contributed by atoms with E-state index < -0.39 is 42.6 Å². The van der Waals surface area contributed by atoms with Crippen molar-refractivity contribution in [3.05, 3.63) is 59.7 Å². The molecule has 5 atom stereocenters. The van der Waals surface area contributed by atoms with Gasteiger partial charge in [0.15, 0.2) is 12.4 Å². The van der Waals surface area contributed by atoms with E-state index in [0.29, 0.717) is 11.1 Å². The van der Waals surface area contributed by atoms with E-state index in [0.717, 1.165) is 0 Å². The first-order valence-electron chi connectivity index (χ1n) is 9.12. The SMILES string of the molecule is CO[C@@H]1O[C@@H]2COC(=O)c3ccccc3-c3ccccc3C(=O)O[C@H]([C@H]1O)[C@@H]2O. The Morgan fingerprint density at radius 1 is 0.862 bits per heavy atom. The molecular weight excluding hydrogens is 380 g/mol. The molecule has 0 amide bonds. The maximum absolute atomic E-state index is 13.0. The fraction of sp³-hybridized carbons (Fsp3) is 0.333. The Morgan fingerprint density at radius 2 is 1.41 bits per heavy atom. The number of cyclic esters (lactones) is 1. The number of aliphatic hydroxyl groups is 2. The van der Waals surface area contributed by atoms with E-state index in [-0.39, 0.29) is 17.7 Å². The van der Waals surface area contributed by atoms with E-state index in [9.17, 15) is 19.8 Å². The number of aliphatic hydroxyl groups excluding tert-OH is 2. The van der Waals surface area contributed by atoms with Crippen molar-refractivity contribution in [3.63, 3.8) is 0 Å². The van der Waals surface area contributed by atoms with Gasteiger partial charge in [0, 0.05) is 7.11 Å². The molecule has 0 saturated carbocycles. The number of benzene rings is 2. The second kappa shape index (κ2) is 7.92. The minimum absolute atomic E-state index is 0.185. The normalized spacial score (nSPS) is 29.4. The van der Waals surface area contributed by atoms with Crippen LogP contribution in [0.1, 0.15) is 20.7 Å². The van der Waals surface area contributed by atoms with E-state index in [2.05, 4.69) is 0 Å². The molecule has 4 rings (SSSR count). The molecule has 2 N–H and O–H groups in total. The monoisotopic (exact) mass is 400 g/mol. The molecule has 152 valence electrons. The number of esters is 2. The van der Waals surface area contributed by atoms with Crippen LogP contribution in [0.2, 0.25) is 0 Å². The molecule has 2 aromatic rings. The fourth-order valence-electron chi connectivity index (χ4n) is 3.59. The second-order valence-electron chi connectivity index (χ2n) is 6.82. The molecule has 0 spiro atoms. The number of fused-ring (bicyclic) bond motifs is 5. The third kappa shape index (κ3) is 3.51. The third-order valence-electron chi connectivity index (χ3n) is 5.08. The van der Waals surface area contributed by atoms with Crippen molar-refractivity contribution < 1.29 is 38.7 Å². The summed E-state index contributed by atoms with van der Waals surface area (Å²) in [6.45, 7) is -0.309. The van der Waals surface area contributed by atoms with Crippen molar-refractivity contribution in [1.29, 1.82) is 0 Å². The van der Waals surface area contributed by atoms with Gasteiger partial charge < -0.3 is 29.2 Å². The number of methoxy groups -OCH3 is 1. The number of ether oxygens (including phenoxy) is 4. The Balaban J connectivity index is 1.84. The predicted octanol–water partition coefficient (Wildman–Crippen LogP) is 1.14. The molecule has 8 nitrogen and oxygen atoms in total. The fourth-order valence-corrected chi connectivity index (χ4v) is 3.59. The minimum Gasteiger partial charge on any atom is -0.459 e. The molecule has 8 heteroatoms. The lowest BCUT2D eigenvalue weighted by Gasteiger charge is -2.41. The zero-order valence-corrected chi connectivity index (χ0v) is 15.6. The molecule has 2 aliphatic heterocycles. The lowest BCUT2D eigenvalue weighted by molar-refractivity contribution is -0.293. The highest BCUT2D eigenvalue weighted by molar-refractivity contribution is 6.03. The Labute approximate surface area is 166 Å². The average molecular weight is 400 g/mol. The van der Waals surface area contributed by atoms with E-state index in [4.69, 9.17) is 18.9 Å². The third-order valence-corrected chi connectivity index (χ3v) is 5.08. The zero-order chi connectivity index (χ0) is 20.5. The Kier molecular flexibility index (Phi) is 5.33. The smallest absolute Gasteiger partial charge is 0.339 e. The highest BCUT2D eigenvalue weighted by Crippen LogP contribution is 2.31. The van der Waals surface area contributed by atoms with Crippen molar-refractivity contribution in [1.82, 2.24) is 0 Å². The van der Waals surface area contributed by atoms with E-state index in [1.807, 2.05) is 0 Å². The maximum Gasteiger partial charge on any atom is 0.339 e. The molecule has 1 saturated heterocycles. The largest absolute Gasteiger partial charge is 0.459 e. The summed E-state index contributed by atoms with van der Waals surface area (Å²) in [5.41, 5.74) is 1.43. The van der Waals surface area contributed by atoms with Gasteiger partial charge in [0.1, 0.15) is 24.9 Å². The molecule has 29 heavy (non-hydrogen) atoms. The van der Waals surface area contributed by atoms with Crippen molar-refractivity contribution >= 4 is 11.9 Å². The van der Waals surface area contributed by atoms with Crippen LogP contribution in [0.3, 0.4) is 0 Å². The Hall–Kier alpha value is -2.78. The highest BCUT2D eigenvalue weighted by atomic mass is 16.7. The average Bonchev–Trinajstić information content (AvgIpc) is 2.75. The minimum atomic E-state index is -1.42. The second-order valence-corrected chi connectivity index (χ2v) is 6.82. The van der Waals surface area contributed by atoms with Crippen LogP contribution in [0.25, 0.3) is 11.1 Å². The van der Waals surface area contributed by atoms with Crippen LogP contribution in [0, 0.1) is 0 Å². The Bertz CT molecular complexity index is 926. The van der Waals surface area contributed by atoms with Crippen LogP contribution in [0.15, 0.2) is 48.5 Å². The summed E-state index contributed by atoms with van der Waals surface area (Å²) in [6, 6.07) is 13.4. The van der Waals surface area contributed by atoms with Crippen LogP contribution in [0.5, 0.6) is 0 Å². The molecule has 0 unspecified atom stereocenters. The number of carbonyl (C=O) groups excluding carboxylic acids is 2. The summed E-state index contributed by atoms with van der Waals surface area (Å²) in [5, 5.41) is 21.0. The summed E-state index contributed by atoms with van der Waals surface area (Å²) < 4.78 is 21.4. The van der Waals surface area contributed by atoms with Gasteiger partial charge in [-0.1, -0.05) is 36.4 Å². The van der Waals surface area contributed by atoms with Gasteiger partial charge in [-0.3, -0.25) is 0 Å². The van der Waals surface area contributed by atoms with E-state index >= 15 is 0 Å². The topological polar surface area (TPSA) is 112 Å². The van der Waals surface area contributed by atoms with E-state index in [1.165, 1.54) is 7.11 Å². The van der Waals surface area contributed by atoms with Crippen LogP contribution in [0.4, 0.5) is 0 Å². The molecule has 0 aliphatic carbocycles. The van der Waals surface area contributed by atoms with Crippen LogP contribution in [-0.4, -0.2) is 66.6 Å². The van der Waals surface area contributed by atoms with Gasteiger partial charge in [-0.15, -0.1) is 0 Å². The molecule has 2 aliphatic rings. The van der Waals surface area contributed by atoms with E-state index in [1.54, 1.807) is 48.5 Å². The van der Waals surface area contributed by atoms with Gasteiger partial charge in [0.2, 0.25) is 0 Å². The van der Waals surface area contributed by atoms with Gasteiger partial charge in [0.05, 0.1) is 11.1 Å². The van der Waals surface area contributed by atoms with Crippen molar-refractivity contribution in [2.45, 2.75) is 30.7 Å². The number of rotatable bonds is 1. The summed E-state index contributed by atoms with van der Waals surface area (Å²) in [4.78, 5) is 25.7. The van der Waals surface area contributed by atoms with Crippen LogP contribution >= 0.6 is 0 Å². The summed E-state index contributed by atoms with van der Waals surface area (Å²) in [6.07, 6.45) is -6.38. The lowest BCUT2D eigenvalue weighted by atomic mass is 9.94. The van der Waals surface area contributed by atoms with Crippen molar-refractivity contribution in [2.75, 3.05) is 13.7 Å². The molecule has 2 heterocycles. The van der Waals surface area contributed by atoms with Crippen molar-refractivity contribution in [2.24, 2.45) is 0 Å². The Morgan fingerprint density at radius 3 is 2.00 bits per heavy atom. The molecular formula is C21H20O8. The summed E-state index contributed by atoms with van der Waals surface area (Å²) in [7, 11) is 1.31. The van der Waals surface area contributed by atoms with Gasteiger partial charge >= 0.3 is 11.9 Å². The molecule has 2 aromatic carbocycles. The van der Waals surface area contributed by atoms with Gasteiger partial charge in [-0.05, 0) is 23.3 Å². The summed E-state index contributed by atoms with van der Waals surface area (Å²) >= 11 is 0. The number of hydrogen-bond acceptors (Lipinski definition) is 8. The lowest BCUT2D eigenvalue weighted by Crippen LogP contribution is -2.60. The van der Waals surface area contributed by atoms with Gasteiger partial charge in [-0.2, -0.15) is 0 Å². The molecule has 1 fully saturated rings. The predicted molar refractivity (Wildman–Crippen MR) is 99.0 cm³/mol. The van der Waals surface area contributed by atoms with Crippen LogP contribution in [-0.2, 0) is 18.9 Å². The standard InChI is InChI=1S/C21H20O8/c1-26-21-17(23)18-16(22)15(28-21)10-27-19(24)13-8-4-2-6-11(13)12-7-3-5-9-14(12)20(25)29-18/h2-9,15-18,21-23H,10H2,1H3/t15-,16-,17-,18+,21-/m1/s1. The maximum atomic E-state index is 13.0. The van der Waals surface area contributed by atoms with Gasteiger partial charge in [-0.25, -0.2) is 9.59 Å². The quantitative estimate of drug-likeness (QED) is 0.686. The molecule has 0 aromatic heterocycles. The van der Waals surface area contributed by atoms with Gasteiger partial charge in [0.25, 0.3) is 0 Å². The highest BCUT2D eigenvalue weighted by Gasteiger charge is 2.48. The van der Waals surface area contributed by atoms with Crippen LogP contribution < -0.4 is 0 Å².